The minimum atomic E-state index is -3.64. The molecule has 1 aliphatic heterocycles. The normalized spacial score (nSPS) is 20.8. The first-order valence-corrected chi connectivity index (χ1v) is 8.09. The number of ether oxygens (including phenoxy) is 2. The van der Waals surface area contributed by atoms with Gasteiger partial charge in [0.05, 0.1) is 18.1 Å². The summed E-state index contributed by atoms with van der Waals surface area (Å²) in [5, 5.41) is 5.03. The van der Waals surface area contributed by atoms with Gasteiger partial charge in [-0.15, -0.1) is 0 Å². The Labute approximate surface area is 119 Å². The zero-order valence-corrected chi connectivity index (χ0v) is 12.3. The minimum Gasteiger partial charge on any atom is -0.492 e. The Kier molecular flexibility index (Phi) is 4.98. The van der Waals surface area contributed by atoms with Crippen LogP contribution in [0.15, 0.2) is 29.2 Å². The Morgan fingerprint density at radius 1 is 1.40 bits per heavy atom. The topological polar surface area (TPSA) is 81.9 Å². The van der Waals surface area contributed by atoms with Crippen molar-refractivity contribution in [1.82, 2.24) is 4.90 Å². The molecule has 0 spiro atoms. The van der Waals surface area contributed by atoms with Crippen molar-refractivity contribution in [3.63, 3.8) is 0 Å². The third kappa shape index (κ3) is 4.17. The van der Waals surface area contributed by atoms with Crippen LogP contribution in [0.2, 0.25) is 0 Å². The van der Waals surface area contributed by atoms with Crippen LogP contribution in [0.3, 0.4) is 0 Å². The van der Waals surface area contributed by atoms with Gasteiger partial charge in [0.1, 0.15) is 12.4 Å². The number of sulfonamides is 1. The van der Waals surface area contributed by atoms with Crippen LogP contribution in [0.5, 0.6) is 5.75 Å². The van der Waals surface area contributed by atoms with Crippen molar-refractivity contribution in [2.75, 3.05) is 32.9 Å². The average Bonchev–Trinajstić information content (AvgIpc) is 2.40. The van der Waals surface area contributed by atoms with E-state index in [-0.39, 0.29) is 4.90 Å². The van der Waals surface area contributed by atoms with Gasteiger partial charge in [-0.05, 0) is 31.2 Å². The highest BCUT2D eigenvalue weighted by atomic mass is 32.2. The van der Waals surface area contributed by atoms with E-state index in [9.17, 15) is 8.42 Å². The quantitative estimate of drug-likeness (QED) is 0.853. The highest BCUT2D eigenvalue weighted by Crippen LogP contribution is 2.15. The lowest BCUT2D eigenvalue weighted by Gasteiger charge is -2.32. The minimum absolute atomic E-state index is 0.0895. The van der Waals surface area contributed by atoms with Crippen LogP contribution >= 0.6 is 0 Å². The number of primary sulfonamides is 1. The molecule has 7 heteroatoms. The van der Waals surface area contributed by atoms with E-state index >= 15 is 0 Å². The van der Waals surface area contributed by atoms with Crippen LogP contribution in [0, 0.1) is 0 Å². The lowest BCUT2D eigenvalue weighted by atomic mass is 10.2. The van der Waals surface area contributed by atoms with Crippen LogP contribution < -0.4 is 9.88 Å². The van der Waals surface area contributed by atoms with Crippen LogP contribution in [-0.4, -0.2) is 52.3 Å². The Bertz CT molecular complexity index is 530. The van der Waals surface area contributed by atoms with Crippen molar-refractivity contribution in [3.05, 3.63) is 24.3 Å². The van der Waals surface area contributed by atoms with Gasteiger partial charge in [0.2, 0.25) is 10.0 Å². The summed E-state index contributed by atoms with van der Waals surface area (Å²) in [4.78, 5) is 2.40. The van der Waals surface area contributed by atoms with Crippen molar-refractivity contribution < 1.29 is 17.9 Å². The molecule has 1 saturated heterocycles. The number of hydrogen-bond acceptors (Lipinski definition) is 5. The van der Waals surface area contributed by atoms with E-state index in [4.69, 9.17) is 14.6 Å². The van der Waals surface area contributed by atoms with Crippen molar-refractivity contribution in [3.8, 4) is 5.75 Å². The van der Waals surface area contributed by atoms with Crippen molar-refractivity contribution in [1.29, 1.82) is 0 Å². The number of rotatable bonds is 5. The molecule has 6 nitrogen and oxygen atoms in total. The number of hydrogen-bond donors (Lipinski definition) is 1. The van der Waals surface area contributed by atoms with E-state index < -0.39 is 10.0 Å². The molecule has 20 heavy (non-hydrogen) atoms. The monoisotopic (exact) mass is 300 g/mol. The van der Waals surface area contributed by atoms with Crippen LogP contribution in [0.4, 0.5) is 0 Å². The van der Waals surface area contributed by atoms with Crippen molar-refractivity contribution in [2.45, 2.75) is 17.9 Å². The molecular weight excluding hydrogens is 280 g/mol. The van der Waals surface area contributed by atoms with Gasteiger partial charge in [-0.2, -0.15) is 0 Å². The van der Waals surface area contributed by atoms with E-state index in [1.165, 1.54) is 12.1 Å². The molecule has 1 fully saturated rings. The van der Waals surface area contributed by atoms with Crippen LogP contribution in [0.25, 0.3) is 0 Å². The molecule has 0 aromatic heterocycles. The third-order valence-electron chi connectivity index (χ3n) is 3.30. The maximum atomic E-state index is 11.1. The van der Waals surface area contributed by atoms with Gasteiger partial charge < -0.3 is 9.47 Å². The highest BCUT2D eigenvalue weighted by molar-refractivity contribution is 7.89. The molecule has 0 bridgehead atoms. The lowest BCUT2D eigenvalue weighted by Crippen LogP contribution is -2.45. The van der Waals surface area contributed by atoms with E-state index in [1.54, 1.807) is 12.1 Å². The number of benzene rings is 1. The van der Waals surface area contributed by atoms with Crippen LogP contribution in [-0.2, 0) is 14.8 Å². The fourth-order valence-electron chi connectivity index (χ4n) is 2.10. The predicted octanol–water partition coefficient (Wildman–Crippen LogP) is 0.434. The SMILES string of the molecule is C[C@H]1COCCN1CCOc1ccc(S(N)(=O)=O)cc1. The third-order valence-corrected chi connectivity index (χ3v) is 4.23. The van der Waals surface area contributed by atoms with Crippen molar-refractivity contribution >= 4 is 10.0 Å². The van der Waals surface area contributed by atoms with Crippen molar-refractivity contribution in [2.24, 2.45) is 5.14 Å². The summed E-state index contributed by atoms with van der Waals surface area (Å²) in [7, 11) is -3.64. The predicted molar refractivity (Wildman–Crippen MR) is 75.2 cm³/mol. The second-order valence-electron chi connectivity index (χ2n) is 4.82. The summed E-state index contributed by atoms with van der Waals surface area (Å²) >= 11 is 0. The second kappa shape index (κ2) is 6.53. The highest BCUT2D eigenvalue weighted by Gasteiger charge is 2.18. The number of morpholine rings is 1. The molecule has 0 aliphatic carbocycles. The fourth-order valence-corrected chi connectivity index (χ4v) is 2.62. The lowest BCUT2D eigenvalue weighted by molar-refractivity contribution is -0.00514. The Morgan fingerprint density at radius 2 is 2.10 bits per heavy atom. The number of nitrogens with two attached hydrogens (primary N) is 1. The smallest absolute Gasteiger partial charge is 0.238 e. The molecule has 2 rings (SSSR count). The first kappa shape index (κ1) is 15.2. The second-order valence-corrected chi connectivity index (χ2v) is 6.39. The number of nitrogens with zero attached hydrogens (tertiary/aromatic N) is 1. The molecule has 1 atom stereocenters. The van der Waals surface area contributed by atoms with Gasteiger partial charge in [0.25, 0.3) is 0 Å². The first-order valence-electron chi connectivity index (χ1n) is 6.54. The van der Waals surface area contributed by atoms with Gasteiger partial charge >= 0.3 is 0 Å². The molecule has 112 valence electrons. The summed E-state index contributed by atoms with van der Waals surface area (Å²) in [6.07, 6.45) is 0. The van der Waals surface area contributed by atoms with Gasteiger partial charge in [-0.3, -0.25) is 4.90 Å². The van der Waals surface area contributed by atoms with E-state index in [2.05, 4.69) is 11.8 Å². The molecule has 0 unspecified atom stereocenters. The standard InChI is InChI=1S/C13H20N2O4S/c1-11-10-18-8-6-15(11)7-9-19-12-2-4-13(5-3-12)20(14,16)17/h2-5,11H,6-10H2,1H3,(H2,14,16,17)/t11-/m0/s1. The zero-order valence-electron chi connectivity index (χ0n) is 11.5. The molecule has 0 amide bonds. The maximum absolute atomic E-state index is 11.1. The molecular formula is C13H20N2O4S. The van der Waals surface area contributed by atoms with Gasteiger partial charge in [-0.1, -0.05) is 0 Å². The van der Waals surface area contributed by atoms with E-state index in [0.29, 0.717) is 18.4 Å². The average molecular weight is 300 g/mol. The largest absolute Gasteiger partial charge is 0.492 e. The molecule has 1 aliphatic rings. The zero-order chi connectivity index (χ0) is 14.6. The van der Waals surface area contributed by atoms with Crippen LogP contribution in [0.1, 0.15) is 6.92 Å². The van der Waals surface area contributed by atoms with E-state index in [0.717, 1.165) is 26.3 Å². The Morgan fingerprint density at radius 3 is 2.70 bits per heavy atom. The summed E-state index contributed by atoms with van der Waals surface area (Å²) in [6, 6.07) is 6.52. The maximum Gasteiger partial charge on any atom is 0.238 e. The summed E-state index contributed by atoms with van der Waals surface area (Å²) in [5.41, 5.74) is 0. The molecule has 1 aromatic rings. The molecule has 1 heterocycles. The van der Waals surface area contributed by atoms with Gasteiger partial charge in [-0.25, -0.2) is 13.6 Å². The molecule has 1 aromatic carbocycles. The van der Waals surface area contributed by atoms with Gasteiger partial charge in [0.15, 0.2) is 0 Å². The fraction of sp³-hybridized carbons (Fsp3) is 0.538. The molecule has 0 saturated carbocycles. The first-order chi connectivity index (χ1) is 9.47. The molecule has 2 N–H and O–H groups in total. The Balaban J connectivity index is 1.82. The summed E-state index contributed by atoms with van der Waals surface area (Å²) in [6.45, 7) is 5.92. The van der Waals surface area contributed by atoms with Gasteiger partial charge in [0, 0.05) is 19.1 Å². The molecule has 0 radical (unpaired) electrons. The Hall–Kier alpha value is -1.15. The van der Waals surface area contributed by atoms with E-state index in [1.807, 2.05) is 0 Å². The summed E-state index contributed by atoms with van der Waals surface area (Å²) in [5.74, 6) is 0.637. The summed E-state index contributed by atoms with van der Waals surface area (Å²) < 4.78 is 33.2.